The first kappa shape index (κ1) is 66.1. The second kappa shape index (κ2) is 38.6. The van der Waals surface area contributed by atoms with Crippen molar-refractivity contribution in [1.29, 1.82) is 0 Å². The molecule has 0 aromatic heterocycles. The fourth-order valence-electron chi connectivity index (χ4n) is 8.12. The molecule has 1 unspecified atom stereocenters. The lowest BCUT2D eigenvalue weighted by molar-refractivity contribution is -0.281. The van der Waals surface area contributed by atoms with Gasteiger partial charge >= 0.3 is 7.82 Å². The maximum Gasteiger partial charge on any atom is 0.474 e. The summed E-state index contributed by atoms with van der Waals surface area (Å²) < 4.78 is 27.4. The average Bonchev–Trinajstić information content (AvgIpc) is 3.29. The molecule has 1 saturated heterocycles. The fourth-order valence-corrected chi connectivity index (χ4v) is 8.88. The van der Waals surface area contributed by atoms with E-state index >= 15 is 0 Å². The van der Waals surface area contributed by atoms with E-state index in [2.05, 4.69) is 137 Å². The molecule has 0 radical (unpaired) electrons. The first-order chi connectivity index (χ1) is 33.6. The average molecular weight is 1010 g/mol. The van der Waals surface area contributed by atoms with Gasteiger partial charge in [0.2, 0.25) is 0 Å². The Morgan fingerprint density at radius 2 is 0.662 bits per heavy atom. The molecular formula is C61H101O9P. The van der Waals surface area contributed by atoms with Crippen molar-refractivity contribution < 1.29 is 43.7 Å². The second-order valence-corrected chi connectivity index (χ2v) is 22.1. The summed E-state index contributed by atoms with van der Waals surface area (Å²) in [7, 11) is -4.67. The molecule has 0 saturated carbocycles. The minimum Gasteiger partial charge on any atom is -0.394 e. The number of ether oxygens (including phenoxy) is 1. The van der Waals surface area contributed by atoms with E-state index in [-0.39, 0.29) is 6.61 Å². The molecule has 1 heterocycles. The van der Waals surface area contributed by atoms with Gasteiger partial charge in [-0.15, -0.1) is 0 Å². The maximum absolute atomic E-state index is 12.4. The Kier molecular flexibility index (Phi) is 35.9. The van der Waals surface area contributed by atoms with E-state index in [4.69, 9.17) is 13.8 Å². The first-order valence-electron chi connectivity index (χ1n) is 26.8. The van der Waals surface area contributed by atoms with Gasteiger partial charge in [-0.05, 0) is 212 Å². The molecule has 404 valence electrons. The highest BCUT2D eigenvalue weighted by Crippen LogP contribution is 2.46. The van der Waals surface area contributed by atoms with E-state index in [0.717, 1.165) is 121 Å². The van der Waals surface area contributed by atoms with Crippen LogP contribution in [0.15, 0.2) is 128 Å². The molecule has 5 N–H and O–H groups in total. The third-order valence-corrected chi connectivity index (χ3v) is 14.1. The van der Waals surface area contributed by atoms with Crippen LogP contribution in [-0.2, 0) is 18.3 Å². The van der Waals surface area contributed by atoms with Gasteiger partial charge in [0, 0.05) is 0 Å². The molecule has 0 aromatic rings. The van der Waals surface area contributed by atoms with E-state index in [0.29, 0.717) is 0 Å². The van der Waals surface area contributed by atoms with Crippen LogP contribution in [0.4, 0.5) is 0 Å². The standard InChI is InChI=1S/C61H101O9P/c1-46(2)23-13-24-47(3)25-14-26-48(4)27-15-28-49(5)29-16-30-50(6)31-17-32-51(7)33-18-34-52(8)35-19-36-53(9)37-20-38-54(10)39-21-40-55(11)41-22-42-56(12)43-44-68-71(66,67)70-61-60(65)59(64)58(63)57(45-62)69-61/h23,25,27,29,31,33,35,37,39,41,43,57-65H,13-22,24,26,28,30,32,34,36,38,40,42,44-45H2,1-12H3,(H,66,67)/b47-25+,48-27+,49-29+,50-31+,51-33+,52-35+,53-37+,54-39+,55-41+,56-43+/t57-,58-,59+,60+,61-/m1/s1. The van der Waals surface area contributed by atoms with Crippen molar-refractivity contribution in [1.82, 2.24) is 0 Å². The van der Waals surface area contributed by atoms with Crippen LogP contribution in [0.1, 0.15) is 212 Å². The fraction of sp³-hybridized carbons (Fsp3) is 0.639. The van der Waals surface area contributed by atoms with Crippen LogP contribution in [-0.4, -0.2) is 69.2 Å². The Morgan fingerprint density at radius 3 is 0.915 bits per heavy atom. The Morgan fingerprint density at radius 1 is 0.408 bits per heavy atom. The smallest absolute Gasteiger partial charge is 0.394 e. The van der Waals surface area contributed by atoms with Gasteiger partial charge in [-0.1, -0.05) is 128 Å². The largest absolute Gasteiger partial charge is 0.474 e. The van der Waals surface area contributed by atoms with Crippen LogP contribution in [0.25, 0.3) is 0 Å². The van der Waals surface area contributed by atoms with Crippen LogP contribution < -0.4 is 0 Å². The summed E-state index contributed by atoms with van der Waals surface area (Å²) in [5.74, 6) is 0. The van der Waals surface area contributed by atoms with E-state index < -0.39 is 45.1 Å². The zero-order valence-corrected chi connectivity index (χ0v) is 47.5. The van der Waals surface area contributed by atoms with Crippen molar-refractivity contribution in [2.75, 3.05) is 13.2 Å². The third-order valence-electron chi connectivity index (χ3n) is 13.1. The lowest BCUT2D eigenvalue weighted by Crippen LogP contribution is -2.58. The van der Waals surface area contributed by atoms with Crippen LogP contribution in [0.2, 0.25) is 0 Å². The van der Waals surface area contributed by atoms with Crippen molar-refractivity contribution in [3.63, 3.8) is 0 Å². The highest BCUT2D eigenvalue weighted by atomic mass is 31.2. The zero-order valence-electron chi connectivity index (χ0n) is 46.6. The number of phosphoric acid groups is 1. The molecule has 1 rings (SSSR count). The number of phosphoric ester groups is 1. The SMILES string of the molecule is CC(C)=CCC/C(C)=C/CC/C(C)=C/CC/C(C)=C/CC/C(C)=C/CC/C(C)=C/CC/C(C)=C/CC/C(C)=C/CC/C(C)=C/CC/C(C)=C/CC/C(C)=C/COP(=O)(O)O[C@H]1O[C@H](CO)[C@@H](O)[C@H](O)[C@@H]1O. The van der Waals surface area contributed by atoms with Crippen molar-refractivity contribution in [3.8, 4) is 0 Å². The Labute approximate surface area is 433 Å². The molecule has 1 fully saturated rings. The maximum atomic E-state index is 12.4. The lowest BCUT2D eigenvalue weighted by atomic mass is 10.00. The number of hydrogen-bond acceptors (Lipinski definition) is 8. The summed E-state index contributed by atoms with van der Waals surface area (Å²) in [5, 5.41) is 39.1. The summed E-state index contributed by atoms with van der Waals surface area (Å²) in [4.78, 5) is 10.1. The van der Waals surface area contributed by atoms with E-state index in [9.17, 15) is 29.9 Å². The predicted octanol–water partition coefficient (Wildman–Crippen LogP) is 16.2. The molecule has 0 aliphatic carbocycles. The molecular weight excluding hydrogens is 908 g/mol. The highest BCUT2D eigenvalue weighted by molar-refractivity contribution is 7.47. The Hall–Kier alpha value is -2.95. The summed E-state index contributed by atoms with van der Waals surface area (Å²) in [5.41, 5.74) is 15.6. The number of aliphatic hydroxyl groups is 4. The normalized spacial score (nSPS) is 21.8. The van der Waals surface area contributed by atoms with E-state index in [1.165, 1.54) is 68.6 Å². The van der Waals surface area contributed by atoms with Gasteiger partial charge in [-0.3, -0.25) is 9.05 Å². The Balaban J connectivity index is 2.26. The molecule has 1 aliphatic heterocycles. The van der Waals surface area contributed by atoms with E-state index in [1.54, 1.807) is 6.08 Å². The predicted molar refractivity (Wildman–Crippen MR) is 300 cm³/mol. The summed E-state index contributed by atoms with van der Waals surface area (Å²) in [6.45, 7) is 25.7. The van der Waals surface area contributed by atoms with Crippen LogP contribution >= 0.6 is 7.82 Å². The number of rotatable bonds is 36. The number of hydrogen-bond donors (Lipinski definition) is 5. The van der Waals surface area contributed by atoms with Crippen molar-refractivity contribution in [2.24, 2.45) is 0 Å². The van der Waals surface area contributed by atoms with Crippen LogP contribution in [0, 0.1) is 0 Å². The zero-order chi connectivity index (χ0) is 53.2. The Bertz CT molecular complexity index is 1930. The van der Waals surface area contributed by atoms with Gasteiger partial charge in [0.1, 0.15) is 24.4 Å². The molecule has 0 aromatic carbocycles. The highest BCUT2D eigenvalue weighted by Gasteiger charge is 2.46. The quantitative estimate of drug-likeness (QED) is 0.0306. The lowest BCUT2D eigenvalue weighted by Gasteiger charge is -2.39. The van der Waals surface area contributed by atoms with Crippen molar-refractivity contribution in [3.05, 3.63) is 128 Å². The van der Waals surface area contributed by atoms with Gasteiger partial charge in [0.25, 0.3) is 0 Å². The summed E-state index contributed by atoms with van der Waals surface area (Å²) in [6, 6.07) is 0. The van der Waals surface area contributed by atoms with Gasteiger partial charge in [0.05, 0.1) is 13.2 Å². The van der Waals surface area contributed by atoms with E-state index in [1.807, 2.05) is 6.92 Å². The van der Waals surface area contributed by atoms with Crippen molar-refractivity contribution in [2.45, 2.75) is 242 Å². The molecule has 9 nitrogen and oxygen atoms in total. The molecule has 0 amide bonds. The molecule has 0 spiro atoms. The van der Waals surface area contributed by atoms with Gasteiger partial charge < -0.3 is 30.1 Å². The third kappa shape index (κ3) is 34.2. The second-order valence-electron chi connectivity index (χ2n) is 20.7. The summed E-state index contributed by atoms with van der Waals surface area (Å²) in [6.07, 6.45) is 39.1. The van der Waals surface area contributed by atoms with Gasteiger partial charge in [0.15, 0.2) is 6.29 Å². The van der Waals surface area contributed by atoms with Crippen LogP contribution in [0.5, 0.6) is 0 Å². The van der Waals surface area contributed by atoms with Gasteiger partial charge in [-0.2, -0.15) is 0 Å². The summed E-state index contributed by atoms with van der Waals surface area (Å²) >= 11 is 0. The topological polar surface area (TPSA) is 146 Å². The molecule has 10 heteroatoms. The molecule has 71 heavy (non-hydrogen) atoms. The van der Waals surface area contributed by atoms with Crippen LogP contribution in [0.3, 0.4) is 0 Å². The monoisotopic (exact) mass is 1010 g/mol. The minimum atomic E-state index is -4.67. The molecule has 6 atom stereocenters. The van der Waals surface area contributed by atoms with Crippen molar-refractivity contribution >= 4 is 7.82 Å². The minimum absolute atomic E-state index is 0.207. The first-order valence-corrected chi connectivity index (χ1v) is 28.3. The number of aliphatic hydroxyl groups excluding tert-OH is 4. The molecule has 1 aliphatic rings. The van der Waals surface area contributed by atoms with Gasteiger partial charge in [-0.25, -0.2) is 4.57 Å². The number of allylic oxidation sites excluding steroid dienone is 21. The molecule has 0 bridgehead atoms.